The Kier molecular flexibility index (Phi) is 5.23. The second-order valence-corrected chi connectivity index (χ2v) is 7.33. The first-order valence-corrected chi connectivity index (χ1v) is 9.09. The first-order chi connectivity index (χ1) is 11.6. The molecule has 1 saturated carbocycles. The van der Waals surface area contributed by atoms with Crippen LogP contribution in [0.15, 0.2) is 46.1 Å². The van der Waals surface area contributed by atoms with E-state index in [-0.39, 0.29) is 5.41 Å². The van der Waals surface area contributed by atoms with Gasteiger partial charge in [0, 0.05) is 43.3 Å². The minimum Gasteiger partial charge on any atom is -0.356 e. The van der Waals surface area contributed by atoms with E-state index in [1.807, 2.05) is 31.2 Å². The number of benzene rings is 1. The Morgan fingerprint density at radius 3 is 2.83 bits per heavy atom. The largest absolute Gasteiger partial charge is 0.356 e. The van der Waals surface area contributed by atoms with Crippen LogP contribution in [0.2, 0.25) is 0 Å². The fourth-order valence-corrected chi connectivity index (χ4v) is 3.34. The number of aliphatic imine (C=N–C) groups is 1. The van der Waals surface area contributed by atoms with Gasteiger partial charge in [0.2, 0.25) is 0 Å². The van der Waals surface area contributed by atoms with Gasteiger partial charge in [-0.05, 0) is 42.5 Å². The molecular weight excluding hydrogens is 366 g/mol. The smallest absolute Gasteiger partial charge is 0.191 e. The average Bonchev–Trinajstić information content (AvgIpc) is 3.26. The van der Waals surface area contributed by atoms with E-state index >= 15 is 0 Å². The van der Waals surface area contributed by atoms with Crippen LogP contribution in [0, 0.1) is 0 Å². The highest BCUT2D eigenvalue weighted by atomic mass is 79.9. The molecule has 1 aromatic carbocycles. The molecule has 1 aliphatic rings. The van der Waals surface area contributed by atoms with Gasteiger partial charge in [-0.1, -0.05) is 28.1 Å². The second-order valence-electron chi connectivity index (χ2n) is 6.42. The summed E-state index contributed by atoms with van der Waals surface area (Å²) in [5, 5.41) is 11.1. The quantitative estimate of drug-likeness (QED) is 0.589. The van der Waals surface area contributed by atoms with Crippen molar-refractivity contribution in [2.75, 3.05) is 20.1 Å². The summed E-state index contributed by atoms with van der Waals surface area (Å²) in [5.74, 6) is 0.861. The van der Waals surface area contributed by atoms with E-state index in [1.165, 1.54) is 24.0 Å². The number of hydrogen-bond donors (Lipinski definition) is 2. The van der Waals surface area contributed by atoms with Crippen molar-refractivity contribution in [3.8, 4) is 0 Å². The lowest BCUT2D eigenvalue weighted by molar-refractivity contribution is 0.645. The molecule has 0 atom stereocenters. The molecule has 128 valence electrons. The van der Waals surface area contributed by atoms with Crippen LogP contribution in [0.1, 0.15) is 24.0 Å². The van der Waals surface area contributed by atoms with Crippen molar-refractivity contribution >= 4 is 21.9 Å². The third-order valence-electron chi connectivity index (χ3n) is 4.57. The third-order valence-corrected chi connectivity index (χ3v) is 5.07. The Labute approximate surface area is 151 Å². The Morgan fingerprint density at radius 1 is 1.38 bits per heavy atom. The number of halogens is 1. The third kappa shape index (κ3) is 4.17. The van der Waals surface area contributed by atoms with E-state index in [4.69, 9.17) is 0 Å². The van der Waals surface area contributed by atoms with Gasteiger partial charge in [-0.3, -0.25) is 9.67 Å². The summed E-state index contributed by atoms with van der Waals surface area (Å²) in [4.78, 5) is 4.33. The van der Waals surface area contributed by atoms with E-state index in [0.29, 0.717) is 0 Å². The molecule has 1 fully saturated rings. The van der Waals surface area contributed by atoms with Gasteiger partial charge in [-0.2, -0.15) is 5.10 Å². The molecule has 1 heterocycles. The highest BCUT2D eigenvalue weighted by Gasteiger charge is 2.44. The molecule has 6 heteroatoms. The summed E-state index contributed by atoms with van der Waals surface area (Å²) in [6.07, 6.45) is 7.34. The molecule has 0 amide bonds. The Morgan fingerprint density at radius 2 is 2.21 bits per heavy atom. The van der Waals surface area contributed by atoms with Crippen LogP contribution in [0.25, 0.3) is 0 Å². The van der Waals surface area contributed by atoms with Crippen LogP contribution in [-0.2, 0) is 18.9 Å². The second kappa shape index (κ2) is 7.38. The van der Waals surface area contributed by atoms with Crippen molar-refractivity contribution in [3.05, 3.63) is 52.3 Å². The highest BCUT2D eigenvalue weighted by molar-refractivity contribution is 9.10. The molecule has 0 spiro atoms. The molecule has 1 aliphatic carbocycles. The maximum absolute atomic E-state index is 4.33. The fourth-order valence-electron chi connectivity index (χ4n) is 2.94. The normalized spacial score (nSPS) is 16.0. The van der Waals surface area contributed by atoms with E-state index in [2.05, 4.69) is 60.9 Å². The topological polar surface area (TPSA) is 54.2 Å². The average molecular weight is 390 g/mol. The maximum atomic E-state index is 4.33. The van der Waals surface area contributed by atoms with Gasteiger partial charge >= 0.3 is 0 Å². The molecule has 2 N–H and O–H groups in total. The molecule has 0 aliphatic heterocycles. The van der Waals surface area contributed by atoms with Gasteiger partial charge in [-0.25, -0.2) is 0 Å². The molecule has 3 rings (SSSR count). The summed E-state index contributed by atoms with van der Waals surface area (Å²) in [6.45, 7) is 1.76. The summed E-state index contributed by atoms with van der Waals surface area (Å²) < 4.78 is 2.97. The maximum Gasteiger partial charge on any atom is 0.191 e. The molecule has 1 aromatic heterocycles. The molecular formula is C18H24BrN5. The van der Waals surface area contributed by atoms with Gasteiger partial charge in [0.05, 0.1) is 6.20 Å². The predicted molar refractivity (Wildman–Crippen MR) is 101 cm³/mol. The van der Waals surface area contributed by atoms with Gasteiger partial charge in [0.1, 0.15) is 0 Å². The number of rotatable bonds is 6. The predicted octanol–water partition coefficient (Wildman–Crippen LogP) is 2.62. The zero-order valence-corrected chi connectivity index (χ0v) is 15.8. The summed E-state index contributed by atoms with van der Waals surface area (Å²) in [5.41, 5.74) is 2.88. The first kappa shape index (κ1) is 17.0. The van der Waals surface area contributed by atoms with Crippen LogP contribution in [0.3, 0.4) is 0 Å². The zero-order chi connectivity index (χ0) is 17.0. The number of hydrogen-bond acceptors (Lipinski definition) is 2. The highest BCUT2D eigenvalue weighted by Crippen LogP contribution is 2.48. The minimum absolute atomic E-state index is 0.255. The fraction of sp³-hybridized carbons (Fsp3) is 0.444. The van der Waals surface area contributed by atoms with Crippen molar-refractivity contribution < 1.29 is 0 Å². The molecule has 0 radical (unpaired) electrons. The van der Waals surface area contributed by atoms with E-state index < -0.39 is 0 Å². The number of aromatic nitrogens is 2. The molecule has 24 heavy (non-hydrogen) atoms. The summed E-state index contributed by atoms with van der Waals surface area (Å²) in [7, 11) is 3.76. The van der Waals surface area contributed by atoms with Crippen LogP contribution < -0.4 is 10.6 Å². The van der Waals surface area contributed by atoms with E-state index in [1.54, 1.807) is 0 Å². The SMILES string of the molecule is CN=C(NCCc1cnn(C)c1)NCC1(c2cccc(Br)c2)CC1. The Bertz CT molecular complexity index is 718. The molecule has 0 saturated heterocycles. The lowest BCUT2D eigenvalue weighted by Crippen LogP contribution is -2.41. The van der Waals surface area contributed by atoms with Gasteiger partial charge in [0.25, 0.3) is 0 Å². The monoisotopic (exact) mass is 389 g/mol. The number of guanidine groups is 1. The van der Waals surface area contributed by atoms with Crippen molar-refractivity contribution in [3.63, 3.8) is 0 Å². The Hall–Kier alpha value is -1.82. The van der Waals surface area contributed by atoms with Crippen molar-refractivity contribution in [2.45, 2.75) is 24.7 Å². The minimum atomic E-state index is 0.255. The number of aryl methyl sites for hydroxylation is 1. The summed E-state index contributed by atoms with van der Waals surface area (Å²) >= 11 is 3.57. The van der Waals surface area contributed by atoms with E-state index in [0.717, 1.165) is 29.9 Å². The molecule has 5 nitrogen and oxygen atoms in total. The van der Waals surface area contributed by atoms with Crippen molar-refractivity contribution in [2.24, 2.45) is 12.0 Å². The molecule has 2 aromatic rings. The molecule has 0 unspecified atom stereocenters. The molecule has 0 bridgehead atoms. The standard InChI is InChI=1S/C18H24BrN5/c1-20-17(21-9-6-14-11-23-24(2)12-14)22-13-18(7-8-18)15-4-3-5-16(19)10-15/h3-5,10-12H,6-9,13H2,1-2H3,(H2,20,21,22). The lowest BCUT2D eigenvalue weighted by atomic mass is 9.96. The van der Waals surface area contributed by atoms with Crippen molar-refractivity contribution in [1.82, 2.24) is 20.4 Å². The number of nitrogens with one attached hydrogen (secondary N) is 2. The Balaban J connectivity index is 1.49. The zero-order valence-electron chi connectivity index (χ0n) is 14.2. The van der Waals surface area contributed by atoms with Gasteiger partial charge < -0.3 is 10.6 Å². The van der Waals surface area contributed by atoms with Crippen LogP contribution in [-0.4, -0.2) is 35.9 Å². The first-order valence-electron chi connectivity index (χ1n) is 8.29. The van der Waals surface area contributed by atoms with Crippen LogP contribution >= 0.6 is 15.9 Å². The van der Waals surface area contributed by atoms with Gasteiger partial charge in [-0.15, -0.1) is 0 Å². The van der Waals surface area contributed by atoms with Gasteiger partial charge in [0.15, 0.2) is 5.96 Å². The van der Waals surface area contributed by atoms with Crippen molar-refractivity contribution in [1.29, 1.82) is 0 Å². The number of nitrogens with zero attached hydrogens (tertiary/aromatic N) is 3. The van der Waals surface area contributed by atoms with E-state index in [9.17, 15) is 0 Å². The van der Waals surface area contributed by atoms with Crippen LogP contribution in [0.5, 0.6) is 0 Å². The lowest BCUT2D eigenvalue weighted by Gasteiger charge is -2.19. The van der Waals surface area contributed by atoms with Crippen LogP contribution in [0.4, 0.5) is 0 Å². The summed E-state index contributed by atoms with van der Waals surface area (Å²) in [6, 6.07) is 8.64.